The summed E-state index contributed by atoms with van der Waals surface area (Å²) < 4.78 is 13.9. The van der Waals surface area contributed by atoms with E-state index in [0.29, 0.717) is 34.8 Å². The molecular weight excluding hydrogens is 457 g/mol. The molecule has 0 saturated carbocycles. The van der Waals surface area contributed by atoms with Gasteiger partial charge in [-0.1, -0.05) is 25.1 Å². The Balaban J connectivity index is 1.43. The fraction of sp³-hybridized carbons (Fsp3) is 0.0741. The second-order valence-electron chi connectivity index (χ2n) is 8.35. The SMILES string of the molecule is CCC(=O)Nc1cncc(-c2ccc3[nH]nc(-c4nc5c(-c6cccc(F)c6)ccnc5[nH]4)c3c2)c1. The summed E-state index contributed by atoms with van der Waals surface area (Å²) in [6.45, 7) is 1.80. The Labute approximate surface area is 204 Å². The zero-order chi connectivity index (χ0) is 24.6. The van der Waals surface area contributed by atoms with Gasteiger partial charge in [0.05, 0.1) is 17.4 Å². The number of pyridine rings is 2. The molecule has 0 aliphatic rings. The van der Waals surface area contributed by atoms with Crippen molar-refractivity contribution in [2.75, 3.05) is 5.32 Å². The summed E-state index contributed by atoms with van der Waals surface area (Å²) >= 11 is 0. The smallest absolute Gasteiger partial charge is 0.224 e. The van der Waals surface area contributed by atoms with Crippen LogP contribution < -0.4 is 5.32 Å². The summed E-state index contributed by atoms with van der Waals surface area (Å²) in [5, 5.41) is 11.3. The molecule has 0 bridgehead atoms. The van der Waals surface area contributed by atoms with Gasteiger partial charge < -0.3 is 10.3 Å². The van der Waals surface area contributed by atoms with Gasteiger partial charge in [-0.15, -0.1) is 0 Å². The van der Waals surface area contributed by atoms with Crippen LogP contribution in [-0.2, 0) is 4.79 Å². The molecule has 36 heavy (non-hydrogen) atoms. The Hall–Kier alpha value is -4.92. The molecule has 2 aromatic carbocycles. The van der Waals surface area contributed by atoms with Gasteiger partial charge in [0.2, 0.25) is 5.91 Å². The second-order valence-corrected chi connectivity index (χ2v) is 8.35. The average Bonchev–Trinajstić information content (AvgIpc) is 3.52. The van der Waals surface area contributed by atoms with E-state index in [1.54, 1.807) is 31.6 Å². The van der Waals surface area contributed by atoms with E-state index < -0.39 is 0 Å². The lowest BCUT2D eigenvalue weighted by Gasteiger charge is -2.06. The summed E-state index contributed by atoms with van der Waals surface area (Å²) in [6.07, 6.45) is 5.43. The number of aromatic amines is 2. The number of rotatable bonds is 5. The molecule has 0 radical (unpaired) electrons. The maximum absolute atomic E-state index is 13.9. The lowest BCUT2D eigenvalue weighted by molar-refractivity contribution is -0.115. The van der Waals surface area contributed by atoms with E-state index in [2.05, 4.69) is 30.5 Å². The van der Waals surface area contributed by atoms with Crippen LogP contribution in [0, 0.1) is 5.82 Å². The van der Waals surface area contributed by atoms with Crippen LogP contribution in [0.2, 0.25) is 0 Å². The molecule has 6 rings (SSSR count). The third kappa shape index (κ3) is 3.86. The molecule has 0 spiro atoms. The molecular formula is C27H20FN7O. The summed E-state index contributed by atoms with van der Waals surface area (Å²) in [5.41, 5.74) is 6.61. The molecule has 6 aromatic rings. The van der Waals surface area contributed by atoms with Gasteiger partial charge in [-0.25, -0.2) is 14.4 Å². The standard InChI is InChI=1S/C27H20FN7O/c1-2-23(36)31-19-11-17(13-29-14-19)15-6-7-22-21(12-15)25(35-34-22)27-32-24-20(8-9-30-26(24)33-27)16-4-3-5-18(28)10-16/h3-14H,2H2,1H3,(H,31,36)(H,34,35)(H,30,32,33). The molecule has 176 valence electrons. The summed E-state index contributed by atoms with van der Waals surface area (Å²) in [6, 6.07) is 16.0. The Kier molecular flexibility index (Phi) is 5.22. The monoisotopic (exact) mass is 477 g/mol. The van der Waals surface area contributed by atoms with Crippen molar-refractivity contribution < 1.29 is 9.18 Å². The molecule has 0 fully saturated rings. The fourth-order valence-electron chi connectivity index (χ4n) is 4.20. The highest BCUT2D eigenvalue weighted by atomic mass is 19.1. The number of hydrogen-bond donors (Lipinski definition) is 3. The molecule has 4 heterocycles. The van der Waals surface area contributed by atoms with Crippen LogP contribution in [0.5, 0.6) is 0 Å². The van der Waals surface area contributed by atoms with Gasteiger partial charge in [0, 0.05) is 35.3 Å². The highest BCUT2D eigenvalue weighted by molar-refractivity contribution is 5.98. The second kappa shape index (κ2) is 8.70. The van der Waals surface area contributed by atoms with Gasteiger partial charge in [0.1, 0.15) is 17.0 Å². The third-order valence-electron chi connectivity index (χ3n) is 5.98. The number of anilines is 1. The van der Waals surface area contributed by atoms with E-state index in [4.69, 9.17) is 4.98 Å². The third-order valence-corrected chi connectivity index (χ3v) is 5.98. The van der Waals surface area contributed by atoms with Gasteiger partial charge in [-0.2, -0.15) is 5.10 Å². The Morgan fingerprint density at radius 3 is 2.81 bits per heavy atom. The van der Waals surface area contributed by atoms with Crippen molar-refractivity contribution in [2.45, 2.75) is 13.3 Å². The van der Waals surface area contributed by atoms with E-state index in [1.807, 2.05) is 36.4 Å². The first kappa shape index (κ1) is 21.6. The zero-order valence-corrected chi connectivity index (χ0v) is 19.2. The van der Waals surface area contributed by atoms with E-state index in [9.17, 15) is 9.18 Å². The first-order valence-electron chi connectivity index (χ1n) is 11.4. The number of H-pyrrole nitrogens is 2. The minimum Gasteiger partial charge on any atom is -0.325 e. The average molecular weight is 478 g/mol. The lowest BCUT2D eigenvalue weighted by Crippen LogP contribution is -2.09. The molecule has 1 amide bonds. The topological polar surface area (TPSA) is 112 Å². The quantitative estimate of drug-likeness (QED) is 0.294. The molecule has 0 atom stereocenters. The summed E-state index contributed by atoms with van der Waals surface area (Å²) in [4.78, 5) is 28.5. The van der Waals surface area contributed by atoms with Crippen LogP contribution in [0.3, 0.4) is 0 Å². The molecule has 0 aliphatic carbocycles. The van der Waals surface area contributed by atoms with E-state index in [-0.39, 0.29) is 11.7 Å². The van der Waals surface area contributed by atoms with Gasteiger partial charge >= 0.3 is 0 Å². The Bertz CT molecular complexity index is 1750. The number of aromatic nitrogens is 6. The van der Waals surface area contributed by atoms with Gasteiger partial charge in [-0.3, -0.25) is 14.9 Å². The van der Waals surface area contributed by atoms with Crippen molar-refractivity contribution in [3.05, 3.63) is 79.0 Å². The van der Waals surface area contributed by atoms with Gasteiger partial charge in [-0.05, 0) is 47.5 Å². The lowest BCUT2D eigenvalue weighted by atomic mass is 10.0. The highest BCUT2D eigenvalue weighted by Crippen LogP contribution is 2.33. The van der Waals surface area contributed by atoms with Crippen molar-refractivity contribution in [3.8, 4) is 33.8 Å². The predicted octanol–water partition coefficient (Wildman–Crippen LogP) is 5.72. The molecule has 0 unspecified atom stereocenters. The number of benzene rings is 2. The normalized spacial score (nSPS) is 11.3. The van der Waals surface area contributed by atoms with E-state index in [0.717, 1.165) is 33.2 Å². The number of nitrogens with zero attached hydrogens (tertiary/aromatic N) is 4. The molecule has 4 aromatic heterocycles. The highest BCUT2D eigenvalue weighted by Gasteiger charge is 2.17. The maximum Gasteiger partial charge on any atom is 0.224 e. The maximum atomic E-state index is 13.9. The molecule has 8 nitrogen and oxygen atoms in total. The number of fused-ring (bicyclic) bond motifs is 2. The largest absolute Gasteiger partial charge is 0.325 e. The van der Waals surface area contributed by atoms with E-state index >= 15 is 0 Å². The molecule has 0 saturated heterocycles. The number of carbonyl (C=O) groups is 1. The van der Waals surface area contributed by atoms with Gasteiger partial charge in [0.15, 0.2) is 11.5 Å². The molecule has 3 N–H and O–H groups in total. The number of amides is 1. The first-order chi connectivity index (χ1) is 17.6. The molecule has 0 aliphatic heterocycles. The fourth-order valence-corrected chi connectivity index (χ4v) is 4.20. The number of halogens is 1. The van der Waals surface area contributed by atoms with Crippen LogP contribution in [0.4, 0.5) is 10.1 Å². The minimum atomic E-state index is -0.313. The number of hydrogen-bond acceptors (Lipinski definition) is 5. The molecule has 9 heteroatoms. The van der Waals surface area contributed by atoms with Crippen LogP contribution in [-0.4, -0.2) is 36.0 Å². The van der Waals surface area contributed by atoms with Crippen molar-refractivity contribution in [1.82, 2.24) is 30.1 Å². The van der Waals surface area contributed by atoms with E-state index in [1.165, 1.54) is 12.1 Å². The van der Waals surface area contributed by atoms with Crippen molar-refractivity contribution in [3.63, 3.8) is 0 Å². The van der Waals surface area contributed by atoms with Crippen LogP contribution in [0.15, 0.2) is 73.2 Å². The minimum absolute atomic E-state index is 0.0716. The Morgan fingerprint density at radius 2 is 1.94 bits per heavy atom. The summed E-state index contributed by atoms with van der Waals surface area (Å²) in [7, 11) is 0. The summed E-state index contributed by atoms with van der Waals surface area (Å²) in [5.74, 6) is 0.163. The van der Waals surface area contributed by atoms with Crippen LogP contribution in [0.25, 0.3) is 55.8 Å². The number of nitrogens with one attached hydrogen (secondary N) is 3. The van der Waals surface area contributed by atoms with Crippen molar-refractivity contribution in [1.29, 1.82) is 0 Å². The van der Waals surface area contributed by atoms with Crippen molar-refractivity contribution >= 4 is 33.7 Å². The Morgan fingerprint density at radius 1 is 1.03 bits per heavy atom. The number of carbonyl (C=O) groups excluding carboxylic acids is 1. The number of imidazole rings is 1. The van der Waals surface area contributed by atoms with Crippen LogP contribution in [0.1, 0.15) is 13.3 Å². The van der Waals surface area contributed by atoms with Crippen molar-refractivity contribution in [2.24, 2.45) is 0 Å². The predicted molar refractivity (Wildman–Crippen MR) is 137 cm³/mol. The van der Waals surface area contributed by atoms with Crippen LogP contribution >= 0.6 is 0 Å². The first-order valence-corrected chi connectivity index (χ1v) is 11.4. The van der Waals surface area contributed by atoms with Gasteiger partial charge in [0.25, 0.3) is 0 Å². The zero-order valence-electron chi connectivity index (χ0n) is 19.2.